The van der Waals surface area contributed by atoms with E-state index in [9.17, 15) is 14.0 Å². The van der Waals surface area contributed by atoms with Gasteiger partial charge >= 0.3 is 18.1 Å². The van der Waals surface area contributed by atoms with Crippen molar-refractivity contribution in [3.63, 3.8) is 0 Å². The number of carbonyl (C=O) groups is 2. The van der Waals surface area contributed by atoms with Crippen molar-refractivity contribution in [3.8, 4) is 29.1 Å². The number of hydrogen-bond donors (Lipinski definition) is 1. The Bertz CT molecular complexity index is 1150. The Labute approximate surface area is 196 Å². The molecular formula is C21H20BrFN4O6. The molecule has 1 aromatic carbocycles. The van der Waals surface area contributed by atoms with E-state index in [0.717, 1.165) is 0 Å². The second kappa shape index (κ2) is 9.94. The first-order valence-electron chi connectivity index (χ1n) is 9.64. The highest BCUT2D eigenvalue weighted by molar-refractivity contribution is 9.10. The number of rotatable bonds is 6. The zero-order chi connectivity index (χ0) is 24.2. The molecule has 0 aliphatic rings. The molecule has 33 heavy (non-hydrogen) atoms. The van der Waals surface area contributed by atoms with Crippen molar-refractivity contribution in [2.45, 2.75) is 39.3 Å². The Morgan fingerprint density at radius 3 is 2.55 bits per heavy atom. The molecule has 0 bridgehead atoms. The van der Waals surface area contributed by atoms with Crippen molar-refractivity contribution in [2.75, 3.05) is 0 Å². The molecule has 0 spiro atoms. The van der Waals surface area contributed by atoms with Crippen molar-refractivity contribution in [2.24, 2.45) is 0 Å². The minimum Gasteiger partial charge on any atom is -0.444 e. The molecule has 10 nitrogen and oxygen atoms in total. The van der Waals surface area contributed by atoms with E-state index in [1.807, 2.05) is 0 Å². The molecule has 0 fully saturated rings. The first kappa shape index (κ1) is 24.1. The van der Waals surface area contributed by atoms with Crippen LogP contribution < -0.4 is 14.8 Å². The van der Waals surface area contributed by atoms with Gasteiger partial charge in [0.05, 0.1) is 0 Å². The minimum absolute atomic E-state index is 0.144. The number of esters is 1. The van der Waals surface area contributed by atoms with Crippen LogP contribution in [-0.4, -0.2) is 38.8 Å². The molecule has 1 N–H and O–H groups in total. The molecule has 174 valence electrons. The van der Waals surface area contributed by atoms with E-state index >= 15 is 0 Å². The van der Waals surface area contributed by atoms with Gasteiger partial charge in [-0.25, -0.2) is 19.0 Å². The maximum atomic E-state index is 13.9. The minimum atomic E-state index is -1.01. The maximum Gasteiger partial charge on any atom is 0.425 e. The van der Waals surface area contributed by atoms with Gasteiger partial charge in [-0.2, -0.15) is 4.98 Å². The van der Waals surface area contributed by atoms with Crippen LogP contribution in [0.4, 0.5) is 9.18 Å². The average molecular weight is 523 g/mol. The van der Waals surface area contributed by atoms with Crippen LogP contribution in [0.1, 0.15) is 27.7 Å². The molecule has 3 rings (SSSR count). The van der Waals surface area contributed by atoms with Crippen LogP contribution in [0.25, 0.3) is 11.4 Å². The van der Waals surface area contributed by atoms with E-state index in [0.29, 0.717) is 15.8 Å². The number of halogens is 2. The van der Waals surface area contributed by atoms with E-state index < -0.39 is 35.6 Å². The number of carbonyl (C=O) groups excluding carboxylic acids is 2. The molecule has 0 radical (unpaired) electrons. The molecule has 3 aromatic rings. The van der Waals surface area contributed by atoms with Gasteiger partial charge in [-0.3, -0.25) is 4.52 Å². The van der Waals surface area contributed by atoms with Crippen LogP contribution in [0.5, 0.6) is 17.7 Å². The summed E-state index contributed by atoms with van der Waals surface area (Å²) in [5.41, 5.74) is -0.184. The van der Waals surface area contributed by atoms with Crippen molar-refractivity contribution < 1.29 is 32.7 Å². The molecule has 1 unspecified atom stereocenters. The third-order valence-corrected chi connectivity index (χ3v) is 4.22. The van der Waals surface area contributed by atoms with Crippen LogP contribution in [0.2, 0.25) is 0 Å². The smallest absolute Gasteiger partial charge is 0.425 e. The third kappa shape index (κ3) is 6.97. The summed E-state index contributed by atoms with van der Waals surface area (Å²) in [6.45, 7) is 6.52. The molecule has 0 saturated carbocycles. The average Bonchev–Trinajstić information content (AvgIpc) is 3.17. The largest absolute Gasteiger partial charge is 0.444 e. The zero-order valence-electron chi connectivity index (χ0n) is 18.1. The molecule has 0 aliphatic heterocycles. The van der Waals surface area contributed by atoms with Gasteiger partial charge in [-0.15, -0.1) is 0 Å². The van der Waals surface area contributed by atoms with Gasteiger partial charge in [-0.1, -0.05) is 5.16 Å². The molecule has 1 atom stereocenters. The van der Waals surface area contributed by atoms with Gasteiger partial charge in [0.2, 0.25) is 5.82 Å². The van der Waals surface area contributed by atoms with Gasteiger partial charge in [0.1, 0.15) is 17.4 Å². The normalized spacial score (nSPS) is 12.1. The summed E-state index contributed by atoms with van der Waals surface area (Å²) >= 11 is 3.13. The predicted octanol–water partition coefficient (Wildman–Crippen LogP) is 4.64. The number of nitrogens with one attached hydrogen (secondary N) is 1. The number of aromatic nitrogens is 3. The molecule has 1 amide bonds. The highest BCUT2D eigenvalue weighted by Crippen LogP contribution is 2.27. The Balaban J connectivity index is 1.59. The lowest BCUT2D eigenvalue weighted by Crippen LogP contribution is -2.43. The van der Waals surface area contributed by atoms with Crippen LogP contribution >= 0.6 is 15.9 Å². The van der Waals surface area contributed by atoms with Gasteiger partial charge in [0, 0.05) is 16.2 Å². The first-order valence-corrected chi connectivity index (χ1v) is 10.4. The van der Waals surface area contributed by atoms with Crippen molar-refractivity contribution >= 4 is 28.0 Å². The van der Waals surface area contributed by atoms with Crippen LogP contribution in [0, 0.1) is 5.82 Å². The van der Waals surface area contributed by atoms with E-state index in [2.05, 4.69) is 36.4 Å². The second-order valence-electron chi connectivity index (χ2n) is 7.74. The van der Waals surface area contributed by atoms with Gasteiger partial charge in [0.15, 0.2) is 5.82 Å². The zero-order valence-corrected chi connectivity index (χ0v) is 19.7. The number of alkyl carbamates (subject to hydrolysis) is 1. The number of nitrogens with zero attached hydrogens (tertiary/aromatic N) is 3. The number of ether oxygens (including phenoxy) is 3. The van der Waals surface area contributed by atoms with Crippen molar-refractivity contribution in [1.29, 1.82) is 0 Å². The van der Waals surface area contributed by atoms with E-state index in [1.165, 1.54) is 19.2 Å². The summed E-state index contributed by atoms with van der Waals surface area (Å²) in [5.74, 6) is -1.12. The lowest BCUT2D eigenvalue weighted by molar-refractivity contribution is -0.138. The number of amides is 1. The number of hydrogen-bond acceptors (Lipinski definition) is 9. The summed E-state index contributed by atoms with van der Waals surface area (Å²) in [6.07, 6.45) is 0.256. The molecular weight excluding hydrogens is 503 g/mol. The fraction of sp³-hybridized carbons (Fsp3) is 0.286. The van der Waals surface area contributed by atoms with Crippen LogP contribution in [0.3, 0.4) is 0 Å². The summed E-state index contributed by atoms with van der Waals surface area (Å²) in [4.78, 5) is 31.8. The van der Waals surface area contributed by atoms with Crippen LogP contribution in [0.15, 0.2) is 45.5 Å². The first-order chi connectivity index (χ1) is 15.5. The summed E-state index contributed by atoms with van der Waals surface area (Å²) in [6, 6.07) is 6.56. The van der Waals surface area contributed by atoms with Gasteiger partial charge < -0.3 is 19.5 Å². The van der Waals surface area contributed by atoms with Gasteiger partial charge in [-0.05, 0) is 74.0 Å². The topological polar surface area (TPSA) is 126 Å². The summed E-state index contributed by atoms with van der Waals surface area (Å²) in [7, 11) is 0. The van der Waals surface area contributed by atoms with E-state index in [1.54, 1.807) is 45.0 Å². The Kier molecular flexibility index (Phi) is 7.26. The highest BCUT2D eigenvalue weighted by atomic mass is 79.9. The predicted molar refractivity (Wildman–Crippen MR) is 116 cm³/mol. The lowest BCUT2D eigenvalue weighted by Gasteiger charge is -2.21. The number of benzene rings is 1. The standard InChI is InChI=1S/C21H20BrFN4O6/c1-11(25-19(29)32-21(2,3)4)18(28)31-20-26-16(27-33-20)12-5-7-14(8-6-12)30-17-15(23)9-13(22)10-24-17/h5-11H,1-4H3,(H,25,29). The molecule has 0 saturated heterocycles. The fourth-order valence-corrected chi connectivity index (χ4v) is 2.65. The molecule has 2 heterocycles. The van der Waals surface area contributed by atoms with Crippen LogP contribution in [-0.2, 0) is 9.53 Å². The van der Waals surface area contributed by atoms with Crippen molar-refractivity contribution in [3.05, 3.63) is 46.8 Å². The quantitative estimate of drug-likeness (QED) is 0.460. The van der Waals surface area contributed by atoms with E-state index in [4.69, 9.17) is 18.7 Å². The third-order valence-electron chi connectivity index (χ3n) is 3.78. The summed E-state index contributed by atoms with van der Waals surface area (Å²) in [5, 5.41) is 6.11. The lowest BCUT2D eigenvalue weighted by atomic mass is 10.2. The highest BCUT2D eigenvalue weighted by Gasteiger charge is 2.24. The van der Waals surface area contributed by atoms with Crippen molar-refractivity contribution in [1.82, 2.24) is 20.4 Å². The second-order valence-corrected chi connectivity index (χ2v) is 8.66. The Morgan fingerprint density at radius 1 is 1.21 bits per heavy atom. The van der Waals surface area contributed by atoms with Gasteiger partial charge in [0.25, 0.3) is 5.88 Å². The SMILES string of the molecule is CC(NC(=O)OC(C)(C)C)C(=O)Oc1nc(-c2ccc(Oc3ncc(Br)cc3F)cc2)no1. The molecule has 2 aromatic heterocycles. The maximum absolute atomic E-state index is 13.9. The molecule has 0 aliphatic carbocycles. The Hall–Kier alpha value is -3.54. The molecule has 12 heteroatoms. The fourth-order valence-electron chi connectivity index (χ4n) is 2.35. The monoisotopic (exact) mass is 522 g/mol. The Morgan fingerprint density at radius 2 is 1.91 bits per heavy atom. The van der Waals surface area contributed by atoms with E-state index in [-0.39, 0.29) is 11.7 Å². The number of pyridine rings is 1. The summed E-state index contributed by atoms with van der Waals surface area (Å²) < 4.78 is 34.8.